The van der Waals surface area contributed by atoms with Crippen molar-refractivity contribution in [3.63, 3.8) is 0 Å². The molecule has 4 rings (SSSR count). The van der Waals surface area contributed by atoms with E-state index >= 15 is 0 Å². The number of fused-ring (bicyclic) bond motifs is 1. The average Bonchev–Trinajstić information content (AvgIpc) is 2.99. The molecule has 23 heavy (non-hydrogen) atoms. The van der Waals surface area contributed by atoms with Gasteiger partial charge in [0.2, 0.25) is 0 Å². The van der Waals surface area contributed by atoms with Crippen molar-refractivity contribution in [3.05, 3.63) is 42.5 Å². The van der Waals surface area contributed by atoms with Crippen LogP contribution in [0.15, 0.2) is 42.5 Å². The topological polar surface area (TPSA) is 68.8 Å². The summed E-state index contributed by atoms with van der Waals surface area (Å²) in [6.07, 6.45) is 6.59. The van der Waals surface area contributed by atoms with Crippen LogP contribution in [0.5, 0.6) is 0 Å². The highest BCUT2D eigenvalue weighted by Gasteiger charge is 2.13. The Hall–Kier alpha value is -2.56. The lowest BCUT2D eigenvalue weighted by atomic mass is 9.95. The zero-order chi connectivity index (χ0) is 15.6. The maximum absolute atomic E-state index is 5.80. The molecule has 0 saturated heterocycles. The number of benzene rings is 2. The predicted octanol–water partition coefficient (Wildman–Crippen LogP) is 3.75. The number of nitrogens with two attached hydrogens (primary N) is 1. The normalized spacial score (nSPS) is 15.8. The number of hydrogen-bond donors (Lipinski definition) is 2. The van der Waals surface area contributed by atoms with Gasteiger partial charge in [0, 0.05) is 17.4 Å². The Labute approximate surface area is 135 Å². The van der Waals surface area contributed by atoms with E-state index in [2.05, 4.69) is 27.6 Å². The Balaban J connectivity index is 1.54. The molecule has 0 radical (unpaired) electrons. The first-order valence-corrected chi connectivity index (χ1v) is 8.27. The van der Waals surface area contributed by atoms with E-state index in [0.29, 0.717) is 11.7 Å². The number of nitrogens with zero attached hydrogens (tertiary/aromatic N) is 3. The van der Waals surface area contributed by atoms with Crippen LogP contribution in [0.4, 0.5) is 11.4 Å². The zero-order valence-electron chi connectivity index (χ0n) is 13.1. The number of aromatic nitrogens is 3. The second kappa shape index (κ2) is 5.91. The fourth-order valence-corrected chi connectivity index (χ4v) is 3.22. The van der Waals surface area contributed by atoms with E-state index in [1.807, 2.05) is 30.3 Å². The minimum atomic E-state index is 0.614. The Bertz CT molecular complexity index is 800. The Morgan fingerprint density at radius 2 is 1.65 bits per heavy atom. The summed E-state index contributed by atoms with van der Waals surface area (Å²) in [5.74, 6) is 0. The predicted molar refractivity (Wildman–Crippen MR) is 93.8 cm³/mol. The van der Waals surface area contributed by atoms with Gasteiger partial charge < -0.3 is 11.1 Å². The molecule has 0 unspecified atom stereocenters. The number of hydrogen-bond acceptors (Lipinski definition) is 4. The van der Waals surface area contributed by atoms with Gasteiger partial charge in [-0.3, -0.25) is 0 Å². The summed E-state index contributed by atoms with van der Waals surface area (Å²) in [4.78, 5) is 1.66. The fourth-order valence-electron chi connectivity index (χ4n) is 3.22. The molecular weight excluding hydrogens is 286 g/mol. The first-order valence-electron chi connectivity index (χ1n) is 8.27. The van der Waals surface area contributed by atoms with Crippen LogP contribution in [0.1, 0.15) is 32.1 Å². The molecule has 118 valence electrons. The summed E-state index contributed by atoms with van der Waals surface area (Å²) in [6, 6.07) is 14.5. The van der Waals surface area contributed by atoms with Crippen LogP contribution in [0, 0.1) is 0 Å². The van der Waals surface area contributed by atoms with E-state index in [1.165, 1.54) is 37.8 Å². The summed E-state index contributed by atoms with van der Waals surface area (Å²) < 4.78 is 0. The molecule has 0 aliphatic heterocycles. The zero-order valence-corrected chi connectivity index (χ0v) is 13.1. The summed E-state index contributed by atoms with van der Waals surface area (Å²) >= 11 is 0. The van der Waals surface area contributed by atoms with Gasteiger partial charge in [0.25, 0.3) is 0 Å². The number of nitrogens with one attached hydrogen (secondary N) is 1. The summed E-state index contributed by atoms with van der Waals surface area (Å²) in [5.41, 5.74) is 10.3. The monoisotopic (exact) mass is 307 g/mol. The molecule has 0 bridgehead atoms. The first kappa shape index (κ1) is 14.1. The second-order valence-electron chi connectivity index (χ2n) is 6.26. The molecule has 0 amide bonds. The van der Waals surface area contributed by atoms with Gasteiger partial charge in [-0.2, -0.15) is 4.80 Å². The van der Waals surface area contributed by atoms with Gasteiger partial charge >= 0.3 is 0 Å². The third-order valence-electron chi connectivity index (χ3n) is 4.48. The van der Waals surface area contributed by atoms with Gasteiger partial charge in [-0.05, 0) is 55.3 Å². The highest BCUT2D eigenvalue weighted by atomic mass is 15.5. The van der Waals surface area contributed by atoms with Gasteiger partial charge in [-0.15, -0.1) is 10.2 Å². The molecule has 1 aliphatic carbocycles. The van der Waals surface area contributed by atoms with Crippen molar-refractivity contribution in [2.24, 2.45) is 0 Å². The third kappa shape index (κ3) is 2.99. The highest BCUT2D eigenvalue weighted by Crippen LogP contribution is 2.22. The number of nitrogen functional groups attached to an aromatic ring is 1. The summed E-state index contributed by atoms with van der Waals surface area (Å²) in [6.45, 7) is 0. The van der Waals surface area contributed by atoms with Crippen molar-refractivity contribution in [1.82, 2.24) is 15.0 Å². The lowest BCUT2D eigenvalue weighted by Gasteiger charge is -2.23. The van der Waals surface area contributed by atoms with E-state index in [4.69, 9.17) is 5.73 Å². The Kier molecular flexibility index (Phi) is 3.61. The lowest BCUT2D eigenvalue weighted by molar-refractivity contribution is 0.463. The standard InChI is InChI=1S/C18H21N5/c19-13-6-11-17-18(12-13)22-23(21-17)16-9-7-15(8-10-16)20-14-4-2-1-3-5-14/h6-12,14,20H,1-5,19H2. The number of anilines is 2. The molecular formula is C18H21N5. The smallest absolute Gasteiger partial charge is 0.115 e. The molecule has 5 heteroatoms. The first-order chi connectivity index (χ1) is 11.3. The van der Waals surface area contributed by atoms with Crippen LogP contribution in [0.3, 0.4) is 0 Å². The largest absolute Gasteiger partial charge is 0.399 e. The van der Waals surface area contributed by atoms with Crippen LogP contribution in [0.25, 0.3) is 16.7 Å². The highest BCUT2D eigenvalue weighted by molar-refractivity contribution is 5.77. The van der Waals surface area contributed by atoms with E-state index in [-0.39, 0.29) is 0 Å². The molecule has 3 aromatic rings. The average molecular weight is 307 g/mol. The van der Waals surface area contributed by atoms with E-state index in [0.717, 1.165) is 16.7 Å². The molecule has 2 aromatic carbocycles. The molecule has 5 nitrogen and oxygen atoms in total. The van der Waals surface area contributed by atoms with Crippen LogP contribution in [-0.2, 0) is 0 Å². The molecule has 0 spiro atoms. The minimum absolute atomic E-state index is 0.614. The quantitative estimate of drug-likeness (QED) is 0.723. The van der Waals surface area contributed by atoms with Gasteiger partial charge in [-0.25, -0.2) is 0 Å². The molecule has 1 aliphatic rings. The third-order valence-corrected chi connectivity index (χ3v) is 4.48. The van der Waals surface area contributed by atoms with Crippen molar-refractivity contribution in [3.8, 4) is 5.69 Å². The SMILES string of the molecule is Nc1ccc2nn(-c3ccc(NC4CCCCC4)cc3)nc2c1. The van der Waals surface area contributed by atoms with Gasteiger partial charge in [0.15, 0.2) is 0 Å². The van der Waals surface area contributed by atoms with Crippen LogP contribution >= 0.6 is 0 Å². The van der Waals surface area contributed by atoms with Gasteiger partial charge in [0.1, 0.15) is 11.0 Å². The molecule has 0 atom stereocenters. The van der Waals surface area contributed by atoms with E-state index < -0.39 is 0 Å². The maximum Gasteiger partial charge on any atom is 0.115 e. The second-order valence-corrected chi connectivity index (χ2v) is 6.26. The maximum atomic E-state index is 5.80. The van der Waals surface area contributed by atoms with Crippen LogP contribution < -0.4 is 11.1 Å². The summed E-state index contributed by atoms with van der Waals surface area (Å²) in [5, 5.41) is 12.6. The van der Waals surface area contributed by atoms with Gasteiger partial charge in [-0.1, -0.05) is 19.3 Å². The van der Waals surface area contributed by atoms with Crippen molar-refractivity contribution in [2.45, 2.75) is 38.1 Å². The fraction of sp³-hybridized carbons (Fsp3) is 0.333. The molecule has 1 aromatic heterocycles. The minimum Gasteiger partial charge on any atom is -0.399 e. The van der Waals surface area contributed by atoms with Crippen molar-refractivity contribution >= 4 is 22.4 Å². The lowest BCUT2D eigenvalue weighted by Crippen LogP contribution is -2.22. The molecule has 1 heterocycles. The summed E-state index contributed by atoms with van der Waals surface area (Å²) in [7, 11) is 0. The molecule has 3 N–H and O–H groups in total. The van der Waals surface area contributed by atoms with Crippen LogP contribution in [0.2, 0.25) is 0 Å². The van der Waals surface area contributed by atoms with E-state index in [9.17, 15) is 0 Å². The van der Waals surface area contributed by atoms with Crippen molar-refractivity contribution in [1.29, 1.82) is 0 Å². The molecule has 1 saturated carbocycles. The van der Waals surface area contributed by atoms with E-state index in [1.54, 1.807) is 4.80 Å². The number of rotatable bonds is 3. The van der Waals surface area contributed by atoms with Crippen molar-refractivity contribution in [2.75, 3.05) is 11.1 Å². The Morgan fingerprint density at radius 3 is 2.43 bits per heavy atom. The van der Waals surface area contributed by atoms with Crippen LogP contribution in [-0.4, -0.2) is 21.0 Å². The Morgan fingerprint density at radius 1 is 0.913 bits per heavy atom. The molecule has 1 fully saturated rings. The van der Waals surface area contributed by atoms with Crippen molar-refractivity contribution < 1.29 is 0 Å². The van der Waals surface area contributed by atoms with Gasteiger partial charge in [0.05, 0.1) is 5.69 Å².